The summed E-state index contributed by atoms with van der Waals surface area (Å²) in [4.78, 5) is 12.0. The number of amides is 1. The summed E-state index contributed by atoms with van der Waals surface area (Å²) >= 11 is 3.62. The molecule has 1 amide bonds. The molecule has 4 nitrogen and oxygen atoms in total. The summed E-state index contributed by atoms with van der Waals surface area (Å²) in [7, 11) is 0. The normalized spacial score (nSPS) is 10.6. The quantitative estimate of drug-likeness (QED) is 0.512. The molecule has 1 N–H and O–H groups in total. The van der Waals surface area contributed by atoms with Crippen LogP contribution in [0, 0.1) is 3.57 Å². The maximum absolute atomic E-state index is 12.0. The molecule has 3 rings (SSSR count). The van der Waals surface area contributed by atoms with Gasteiger partial charge in [-0.1, -0.05) is 36.0 Å². The van der Waals surface area contributed by atoms with Crippen LogP contribution in [0.3, 0.4) is 0 Å². The lowest BCUT2D eigenvalue weighted by Gasteiger charge is -2.06. The summed E-state index contributed by atoms with van der Waals surface area (Å²) in [6, 6.07) is 15.6. The predicted molar refractivity (Wildman–Crippen MR) is 98.1 cm³/mol. The van der Waals surface area contributed by atoms with Gasteiger partial charge >= 0.3 is 0 Å². The van der Waals surface area contributed by atoms with E-state index in [0.29, 0.717) is 5.75 Å². The third-order valence-electron chi connectivity index (χ3n) is 3.00. The largest absolute Gasteiger partial charge is 0.325 e. The van der Waals surface area contributed by atoms with Crippen molar-refractivity contribution in [2.75, 3.05) is 11.1 Å². The molecule has 22 heavy (non-hydrogen) atoms. The number of hydrogen-bond donors (Lipinski definition) is 1. The lowest BCUT2D eigenvalue weighted by molar-refractivity contribution is -0.113. The highest BCUT2D eigenvalue weighted by Crippen LogP contribution is 2.24. The molecule has 0 aliphatic carbocycles. The van der Waals surface area contributed by atoms with E-state index >= 15 is 0 Å². The van der Waals surface area contributed by atoms with Crippen molar-refractivity contribution in [3.05, 3.63) is 58.3 Å². The minimum atomic E-state index is -0.0547. The molecule has 3 aromatic rings. The Morgan fingerprint density at radius 1 is 1.14 bits per heavy atom. The minimum Gasteiger partial charge on any atom is -0.325 e. The third kappa shape index (κ3) is 3.75. The zero-order chi connectivity index (χ0) is 15.4. The van der Waals surface area contributed by atoms with E-state index in [-0.39, 0.29) is 5.91 Å². The predicted octanol–water partition coefficient (Wildman–Crippen LogP) is 3.97. The van der Waals surface area contributed by atoms with Gasteiger partial charge in [0.1, 0.15) is 5.03 Å². The van der Waals surface area contributed by atoms with Gasteiger partial charge in [-0.15, -0.1) is 5.10 Å². The topological polar surface area (TPSA) is 54.9 Å². The zero-order valence-electron chi connectivity index (χ0n) is 11.5. The van der Waals surface area contributed by atoms with Crippen LogP contribution in [-0.2, 0) is 4.79 Å². The first-order valence-corrected chi connectivity index (χ1v) is 8.67. The summed E-state index contributed by atoms with van der Waals surface area (Å²) in [5, 5.41) is 13.8. The molecule has 0 unspecified atom stereocenters. The van der Waals surface area contributed by atoms with Crippen LogP contribution < -0.4 is 5.32 Å². The number of thioether (sulfide) groups is 1. The third-order valence-corrected chi connectivity index (χ3v) is 4.71. The second kappa shape index (κ2) is 7.06. The minimum absolute atomic E-state index is 0.0547. The maximum Gasteiger partial charge on any atom is 0.234 e. The van der Waals surface area contributed by atoms with Crippen LogP contribution in [0.25, 0.3) is 10.8 Å². The first-order chi connectivity index (χ1) is 10.7. The van der Waals surface area contributed by atoms with Crippen molar-refractivity contribution in [3.63, 3.8) is 0 Å². The molecule has 0 spiro atoms. The number of hydrogen-bond acceptors (Lipinski definition) is 4. The summed E-state index contributed by atoms with van der Waals surface area (Å²) in [6.45, 7) is 0. The molecule has 6 heteroatoms. The summed E-state index contributed by atoms with van der Waals surface area (Å²) in [5.74, 6) is 0.246. The van der Waals surface area contributed by atoms with E-state index in [1.807, 2.05) is 48.5 Å². The fourth-order valence-electron chi connectivity index (χ4n) is 1.97. The number of fused-ring (bicyclic) bond motifs is 1. The molecule has 0 radical (unpaired) electrons. The maximum atomic E-state index is 12.0. The lowest BCUT2D eigenvalue weighted by atomic mass is 10.2. The molecule has 0 fully saturated rings. The molecule has 1 aromatic heterocycles. The van der Waals surface area contributed by atoms with E-state index in [9.17, 15) is 4.79 Å². The van der Waals surface area contributed by atoms with Crippen molar-refractivity contribution in [2.24, 2.45) is 0 Å². The monoisotopic (exact) mass is 421 g/mol. The lowest BCUT2D eigenvalue weighted by Crippen LogP contribution is -2.14. The Balaban J connectivity index is 1.66. The molecular weight excluding hydrogens is 409 g/mol. The Hall–Kier alpha value is -1.67. The van der Waals surface area contributed by atoms with E-state index in [4.69, 9.17) is 0 Å². The van der Waals surface area contributed by atoms with Crippen molar-refractivity contribution in [3.8, 4) is 0 Å². The molecule has 0 bridgehead atoms. The average Bonchev–Trinajstić information content (AvgIpc) is 2.55. The number of carbonyl (C=O) groups is 1. The molecule has 0 aliphatic rings. The van der Waals surface area contributed by atoms with Crippen LogP contribution in [0.15, 0.2) is 59.8 Å². The van der Waals surface area contributed by atoms with E-state index in [0.717, 1.165) is 25.1 Å². The summed E-state index contributed by atoms with van der Waals surface area (Å²) in [6.07, 6.45) is 1.73. The molecule has 0 aliphatic heterocycles. The number of aromatic nitrogens is 2. The summed E-state index contributed by atoms with van der Waals surface area (Å²) in [5.41, 5.74) is 0.801. The average molecular weight is 421 g/mol. The van der Waals surface area contributed by atoms with Crippen molar-refractivity contribution in [2.45, 2.75) is 5.03 Å². The van der Waals surface area contributed by atoms with Crippen molar-refractivity contribution in [1.29, 1.82) is 0 Å². The number of nitrogens with zero attached hydrogens (tertiary/aromatic N) is 2. The van der Waals surface area contributed by atoms with Gasteiger partial charge in [-0.05, 0) is 46.9 Å². The fraction of sp³-hybridized carbons (Fsp3) is 0.0625. The Morgan fingerprint density at radius 3 is 2.73 bits per heavy atom. The molecular formula is C16H12IN3OS. The van der Waals surface area contributed by atoms with E-state index in [1.54, 1.807) is 6.20 Å². The number of nitrogens with one attached hydrogen (secondary N) is 1. The highest BCUT2D eigenvalue weighted by Gasteiger charge is 2.08. The highest BCUT2D eigenvalue weighted by molar-refractivity contribution is 14.1. The van der Waals surface area contributed by atoms with Gasteiger partial charge in [0.15, 0.2) is 0 Å². The second-order valence-electron chi connectivity index (χ2n) is 4.58. The zero-order valence-corrected chi connectivity index (χ0v) is 14.5. The van der Waals surface area contributed by atoms with Gasteiger partial charge in [0.25, 0.3) is 0 Å². The Labute approximate surface area is 145 Å². The smallest absolute Gasteiger partial charge is 0.234 e. The number of halogens is 1. The Bertz CT molecular complexity index is 803. The van der Waals surface area contributed by atoms with Gasteiger partial charge in [0.2, 0.25) is 5.91 Å². The van der Waals surface area contributed by atoms with Gasteiger partial charge in [0, 0.05) is 20.0 Å². The van der Waals surface area contributed by atoms with Crippen LogP contribution in [-0.4, -0.2) is 21.9 Å². The van der Waals surface area contributed by atoms with Gasteiger partial charge < -0.3 is 5.32 Å². The molecule has 0 saturated carbocycles. The van der Waals surface area contributed by atoms with E-state index < -0.39 is 0 Å². The first-order valence-electron chi connectivity index (χ1n) is 6.61. The fourth-order valence-corrected chi connectivity index (χ4v) is 3.12. The number of rotatable bonds is 4. The highest BCUT2D eigenvalue weighted by atomic mass is 127. The Kier molecular flexibility index (Phi) is 4.89. The van der Waals surface area contributed by atoms with Gasteiger partial charge in [-0.25, -0.2) is 0 Å². The van der Waals surface area contributed by atoms with Gasteiger partial charge in [-0.2, -0.15) is 5.10 Å². The van der Waals surface area contributed by atoms with E-state index in [1.165, 1.54) is 11.8 Å². The SMILES string of the molecule is O=C(CSc1nncc2ccccc12)Nc1ccc(I)cc1. The van der Waals surface area contributed by atoms with Gasteiger partial charge in [-0.3, -0.25) is 4.79 Å². The van der Waals surface area contributed by atoms with Crippen molar-refractivity contribution in [1.82, 2.24) is 10.2 Å². The molecule has 110 valence electrons. The van der Waals surface area contributed by atoms with Crippen LogP contribution >= 0.6 is 34.4 Å². The second-order valence-corrected chi connectivity index (χ2v) is 6.79. The number of carbonyl (C=O) groups excluding carboxylic acids is 1. The molecule has 0 atom stereocenters. The van der Waals surface area contributed by atoms with Crippen molar-refractivity contribution < 1.29 is 4.79 Å². The number of benzene rings is 2. The first kappa shape index (κ1) is 15.2. The molecule has 1 heterocycles. The van der Waals surface area contributed by atoms with Crippen LogP contribution in [0.4, 0.5) is 5.69 Å². The van der Waals surface area contributed by atoms with Crippen molar-refractivity contribution >= 4 is 56.7 Å². The van der Waals surface area contributed by atoms with Crippen LogP contribution in [0.1, 0.15) is 0 Å². The van der Waals surface area contributed by atoms with Gasteiger partial charge in [0.05, 0.1) is 11.9 Å². The Morgan fingerprint density at radius 2 is 1.91 bits per heavy atom. The summed E-state index contributed by atoms with van der Waals surface area (Å²) < 4.78 is 1.14. The molecule has 2 aromatic carbocycles. The van der Waals surface area contributed by atoms with E-state index in [2.05, 4.69) is 38.1 Å². The molecule has 0 saturated heterocycles. The van der Waals surface area contributed by atoms with Crippen LogP contribution in [0.5, 0.6) is 0 Å². The standard InChI is InChI=1S/C16H12IN3OS/c17-12-5-7-13(8-6-12)19-15(21)10-22-16-14-4-2-1-3-11(14)9-18-20-16/h1-9H,10H2,(H,19,21). The number of anilines is 1. The van der Waals surface area contributed by atoms with Crippen LogP contribution in [0.2, 0.25) is 0 Å².